The van der Waals surface area contributed by atoms with Crippen molar-refractivity contribution in [3.8, 4) is 0 Å². The van der Waals surface area contributed by atoms with Crippen LogP contribution in [0.5, 0.6) is 0 Å². The number of aromatic nitrogens is 3. The third kappa shape index (κ3) is 2.82. The Morgan fingerprint density at radius 1 is 1.20 bits per heavy atom. The molecule has 0 spiro atoms. The van der Waals surface area contributed by atoms with Crippen LogP contribution in [-0.2, 0) is 5.75 Å². The second-order valence-corrected chi connectivity index (χ2v) is 7.25. The minimum atomic E-state index is 0.807. The van der Waals surface area contributed by atoms with Gasteiger partial charge in [-0.05, 0) is 24.3 Å². The van der Waals surface area contributed by atoms with Gasteiger partial charge in [-0.15, -0.1) is 23.1 Å². The Morgan fingerprint density at radius 3 is 2.85 bits per heavy atom. The monoisotopic (exact) mass is 319 g/mol. The second kappa shape index (κ2) is 6.11. The van der Waals surface area contributed by atoms with Gasteiger partial charge in [-0.2, -0.15) is 0 Å². The summed E-state index contributed by atoms with van der Waals surface area (Å²) in [6, 6.07) is 8.46. The van der Waals surface area contributed by atoms with Crippen LogP contribution in [0.3, 0.4) is 0 Å². The highest BCUT2D eigenvalue weighted by atomic mass is 32.2. The van der Waals surface area contributed by atoms with Gasteiger partial charge in [0.05, 0.1) is 0 Å². The molecule has 1 aromatic carbocycles. The first-order chi connectivity index (χ1) is 9.78. The number of nitrogens with zero attached hydrogens (tertiary/aromatic N) is 3. The lowest BCUT2D eigenvalue weighted by molar-refractivity contribution is 1.09. The van der Waals surface area contributed by atoms with E-state index in [-0.39, 0.29) is 0 Å². The molecule has 0 saturated carbocycles. The second-order valence-electron chi connectivity index (χ2n) is 4.23. The summed E-state index contributed by atoms with van der Waals surface area (Å²) >= 11 is 5.07. The van der Waals surface area contributed by atoms with Crippen molar-refractivity contribution in [2.24, 2.45) is 0 Å². The number of hydrogen-bond acceptors (Lipinski definition) is 6. The largest absolute Gasteiger partial charge is 0.228 e. The number of thioether (sulfide) groups is 2. The van der Waals surface area contributed by atoms with Gasteiger partial charge in [0.15, 0.2) is 9.99 Å². The Kier molecular flexibility index (Phi) is 4.24. The van der Waals surface area contributed by atoms with Crippen LogP contribution < -0.4 is 0 Å². The minimum absolute atomic E-state index is 0.807. The quantitative estimate of drug-likeness (QED) is 0.526. The Labute approximate surface area is 130 Å². The number of benzene rings is 1. The van der Waals surface area contributed by atoms with E-state index in [2.05, 4.69) is 46.1 Å². The van der Waals surface area contributed by atoms with Crippen molar-refractivity contribution >= 4 is 45.2 Å². The van der Waals surface area contributed by atoms with Crippen LogP contribution in [0.4, 0.5) is 0 Å². The molecule has 0 saturated heterocycles. The molecule has 0 aliphatic heterocycles. The number of thiazole rings is 1. The van der Waals surface area contributed by atoms with E-state index in [1.165, 1.54) is 11.1 Å². The van der Waals surface area contributed by atoms with E-state index < -0.39 is 0 Å². The van der Waals surface area contributed by atoms with E-state index in [1.807, 2.05) is 6.26 Å². The molecule has 20 heavy (non-hydrogen) atoms. The van der Waals surface area contributed by atoms with E-state index in [4.69, 9.17) is 0 Å². The molecule has 0 amide bonds. The summed E-state index contributed by atoms with van der Waals surface area (Å²) in [5, 5.41) is 1.02. The fraction of sp³-hybridized carbons (Fsp3) is 0.214. The SMILES string of the molecule is CSc1nc2ncnc(SCc3ccccc3C)c2s1. The molecule has 0 fully saturated rings. The molecule has 0 atom stereocenters. The molecule has 0 unspecified atom stereocenters. The maximum Gasteiger partial charge on any atom is 0.175 e. The molecule has 2 heterocycles. The Bertz CT molecular complexity index is 739. The molecule has 102 valence electrons. The van der Waals surface area contributed by atoms with Gasteiger partial charge in [0.25, 0.3) is 0 Å². The van der Waals surface area contributed by atoms with Crippen LogP contribution in [0, 0.1) is 6.92 Å². The summed E-state index contributed by atoms with van der Waals surface area (Å²) in [6.45, 7) is 2.14. The number of rotatable bonds is 4. The average molecular weight is 319 g/mol. The summed E-state index contributed by atoms with van der Waals surface area (Å²) < 4.78 is 2.13. The first-order valence-corrected chi connectivity index (χ1v) is 9.13. The van der Waals surface area contributed by atoms with Crippen molar-refractivity contribution in [1.82, 2.24) is 15.0 Å². The zero-order valence-corrected chi connectivity index (χ0v) is 13.6. The van der Waals surface area contributed by atoms with Gasteiger partial charge in [0.1, 0.15) is 16.1 Å². The molecule has 0 aliphatic rings. The third-order valence-electron chi connectivity index (χ3n) is 2.94. The third-order valence-corrected chi connectivity index (χ3v) is 6.14. The first-order valence-electron chi connectivity index (χ1n) is 6.11. The Balaban J connectivity index is 1.87. The lowest BCUT2D eigenvalue weighted by Crippen LogP contribution is -1.88. The first kappa shape index (κ1) is 13.9. The fourth-order valence-corrected chi connectivity index (χ4v) is 4.48. The standard InChI is InChI=1S/C14H13N3S3/c1-9-5-3-4-6-10(9)7-19-13-11-12(15-8-16-13)17-14(18-2)20-11/h3-6,8H,7H2,1-2H3. The van der Waals surface area contributed by atoms with E-state index in [1.54, 1.807) is 41.2 Å². The van der Waals surface area contributed by atoms with Crippen molar-refractivity contribution in [2.45, 2.75) is 22.0 Å². The molecule has 0 radical (unpaired) electrons. The molecule has 0 aliphatic carbocycles. The highest BCUT2D eigenvalue weighted by Gasteiger charge is 2.11. The van der Waals surface area contributed by atoms with Crippen LogP contribution in [0.25, 0.3) is 10.3 Å². The molecule has 3 rings (SSSR count). The van der Waals surface area contributed by atoms with Crippen molar-refractivity contribution in [2.75, 3.05) is 6.26 Å². The smallest absolute Gasteiger partial charge is 0.175 e. The lowest BCUT2D eigenvalue weighted by atomic mass is 10.1. The van der Waals surface area contributed by atoms with Crippen LogP contribution in [0.1, 0.15) is 11.1 Å². The zero-order valence-electron chi connectivity index (χ0n) is 11.2. The van der Waals surface area contributed by atoms with Gasteiger partial charge in [-0.1, -0.05) is 36.0 Å². The molecule has 6 heteroatoms. The zero-order chi connectivity index (χ0) is 13.9. The molecular formula is C14H13N3S3. The van der Waals surface area contributed by atoms with Gasteiger partial charge in [-0.3, -0.25) is 0 Å². The van der Waals surface area contributed by atoms with Crippen LogP contribution in [0.15, 0.2) is 40.0 Å². The van der Waals surface area contributed by atoms with Crippen molar-refractivity contribution in [3.05, 3.63) is 41.7 Å². The van der Waals surface area contributed by atoms with Gasteiger partial charge in [0.2, 0.25) is 0 Å². The molecular weight excluding hydrogens is 306 g/mol. The average Bonchev–Trinajstić information content (AvgIpc) is 2.90. The van der Waals surface area contributed by atoms with Gasteiger partial charge < -0.3 is 0 Å². The van der Waals surface area contributed by atoms with Gasteiger partial charge in [0, 0.05) is 5.75 Å². The molecule has 2 aromatic heterocycles. The maximum absolute atomic E-state index is 4.48. The lowest BCUT2D eigenvalue weighted by Gasteiger charge is -2.04. The van der Waals surface area contributed by atoms with Crippen molar-refractivity contribution < 1.29 is 0 Å². The fourth-order valence-electron chi connectivity index (χ4n) is 1.82. The summed E-state index contributed by atoms with van der Waals surface area (Å²) in [5.74, 6) is 0.922. The van der Waals surface area contributed by atoms with Crippen LogP contribution in [-0.4, -0.2) is 21.2 Å². The molecule has 3 nitrogen and oxygen atoms in total. The molecule has 0 bridgehead atoms. The highest BCUT2D eigenvalue weighted by Crippen LogP contribution is 2.34. The van der Waals surface area contributed by atoms with Gasteiger partial charge in [-0.25, -0.2) is 15.0 Å². The normalized spacial score (nSPS) is 11.1. The number of aryl methyl sites for hydroxylation is 1. The Hall–Kier alpha value is -1.11. The minimum Gasteiger partial charge on any atom is -0.228 e. The topological polar surface area (TPSA) is 38.7 Å². The van der Waals surface area contributed by atoms with E-state index >= 15 is 0 Å². The number of hydrogen-bond donors (Lipinski definition) is 0. The van der Waals surface area contributed by atoms with Gasteiger partial charge >= 0.3 is 0 Å². The van der Waals surface area contributed by atoms with E-state index in [0.29, 0.717) is 0 Å². The van der Waals surface area contributed by atoms with E-state index in [0.717, 1.165) is 25.5 Å². The number of fused-ring (bicyclic) bond motifs is 1. The summed E-state index contributed by atoms with van der Waals surface area (Å²) in [7, 11) is 0. The predicted octanol–water partition coefficient (Wildman–Crippen LogP) is 4.41. The Morgan fingerprint density at radius 2 is 2.05 bits per heavy atom. The summed E-state index contributed by atoms with van der Waals surface area (Å²) in [4.78, 5) is 13.1. The van der Waals surface area contributed by atoms with E-state index in [9.17, 15) is 0 Å². The predicted molar refractivity (Wildman–Crippen MR) is 87.7 cm³/mol. The summed E-state index contributed by atoms with van der Waals surface area (Å²) in [6.07, 6.45) is 3.64. The van der Waals surface area contributed by atoms with Crippen LogP contribution in [0.2, 0.25) is 0 Å². The maximum atomic E-state index is 4.48. The van der Waals surface area contributed by atoms with Crippen LogP contribution >= 0.6 is 34.9 Å². The molecule has 3 aromatic rings. The van der Waals surface area contributed by atoms with Crippen molar-refractivity contribution in [3.63, 3.8) is 0 Å². The van der Waals surface area contributed by atoms with Crippen molar-refractivity contribution in [1.29, 1.82) is 0 Å². The summed E-state index contributed by atoms with van der Waals surface area (Å²) in [5.41, 5.74) is 3.47. The highest BCUT2D eigenvalue weighted by molar-refractivity contribution is 8.00. The molecule has 0 N–H and O–H groups in total.